The summed E-state index contributed by atoms with van der Waals surface area (Å²) in [6, 6.07) is 1.90. The van der Waals surface area contributed by atoms with E-state index in [4.69, 9.17) is 0 Å². The molecule has 1 aromatic rings. The molecule has 4 heteroatoms. The number of nitrogens with zero attached hydrogens (tertiary/aromatic N) is 1. The molecule has 0 radical (unpaired) electrons. The summed E-state index contributed by atoms with van der Waals surface area (Å²) in [4.78, 5) is 10.8. The quantitative estimate of drug-likeness (QED) is 0.740. The molecule has 0 N–H and O–H groups in total. The Kier molecular flexibility index (Phi) is 4.47. The van der Waals surface area contributed by atoms with Crippen LogP contribution in [0.5, 0.6) is 0 Å². The van der Waals surface area contributed by atoms with Gasteiger partial charge in [0.1, 0.15) is 0 Å². The van der Waals surface area contributed by atoms with E-state index in [0.29, 0.717) is 0 Å². The SMILES string of the molecule is Cc1cc(C=O)c(C)n1CCC(C)S(C)=O. The fourth-order valence-electron chi connectivity index (χ4n) is 1.77. The molecule has 1 rings (SSSR count). The molecule has 0 aliphatic heterocycles. The van der Waals surface area contributed by atoms with Gasteiger partial charge in [-0.3, -0.25) is 9.00 Å². The lowest BCUT2D eigenvalue weighted by molar-refractivity contribution is 0.112. The highest BCUT2D eigenvalue weighted by molar-refractivity contribution is 7.84. The van der Waals surface area contributed by atoms with Gasteiger partial charge in [0, 0.05) is 45.8 Å². The van der Waals surface area contributed by atoms with E-state index >= 15 is 0 Å². The summed E-state index contributed by atoms with van der Waals surface area (Å²) in [7, 11) is -0.775. The first-order chi connectivity index (χ1) is 7.47. The number of rotatable bonds is 5. The highest BCUT2D eigenvalue weighted by Gasteiger charge is 2.11. The molecule has 90 valence electrons. The molecule has 3 nitrogen and oxygen atoms in total. The van der Waals surface area contributed by atoms with Crippen molar-refractivity contribution in [3.8, 4) is 0 Å². The lowest BCUT2D eigenvalue weighted by Crippen LogP contribution is -2.14. The predicted molar refractivity (Wildman–Crippen MR) is 67.4 cm³/mol. The van der Waals surface area contributed by atoms with Gasteiger partial charge in [0.25, 0.3) is 0 Å². The van der Waals surface area contributed by atoms with Crippen LogP contribution < -0.4 is 0 Å². The van der Waals surface area contributed by atoms with Crippen LogP contribution in [0, 0.1) is 13.8 Å². The van der Waals surface area contributed by atoms with Crippen LogP contribution in [0.1, 0.15) is 35.1 Å². The molecule has 0 spiro atoms. The topological polar surface area (TPSA) is 39.1 Å². The zero-order valence-corrected chi connectivity index (χ0v) is 11.1. The molecule has 0 saturated heterocycles. The summed E-state index contributed by atoms with van der Waals surface area (Å²) in [6.45, 7) is 6.76. The molecule has 0 aromatic carbocycles. The Balaban J connectivity index is 2.78. The molecule has 0 fully saturated rings. The monoisotopic (exact) mass is 241 g/mol. The standard InChI is InChI=1S/C12H19NO2S/c1-9-7-12(8-14)11(3)13(9)6-5-10(2)16(4)15/h7-8,10H,5-6H2,1-4H3. The van der Waals surface area contributed by atoms with Gasteiger partial charge in [0.15, 0.2) is 6.29 Å². The van der Waals surface area contributed by atoms with Gasteiger partial charge < -0.3 is 4.57 Å². The van der Waals surface area contributed by atoms with Crippen molar-refractivity contribution in [3.63, 3.8) is 0 Å². The van der Waals surface area contributed by atoms with Gasteiger partial charge in [-0.1, -0.05) is 6.92 Å². The third-order valence-electron chi connectivity index (χ3n) is 3.07. The first-order valence-electron chi connectivity index (χ1n) is 5.41. The summed E-state index contributed by atoms with van der Waals surface area (Å²) in [5.74, 6) is 0. The normalized spacial score (nSPS) is 14.8. The van der Waals surface area contributed by atoms with Gasteiger partial charge in [-0.05, 0) is 26.3 Å². The largest absolute Gasteiger partial charge is 0.348 e. The van der Waals surface area contributed by atoms with E-state index in [-0.39, 0.29) is 5.25 Å². The molecule has 2 atom stereocenters. The average Bonchev–Trinajstić information content (AvgIpc) is 2.51. The molecule has 1 aromatic heterocycles. The van der Waals surface area contributed by atoms with E-state index in [1.165, 1.54) is 0 Å². The Bertz CT molecular complexity index is 409. The molecule has 0 aliphatic rings. The number of hydrogen-bond acceptors (Lipinski definition) is 2. The number of aromatic nitrogens is 1. The van der Waals surface area contributed by atoms with E-state index in [1.54, 1.807) is 6.26 Å². The Hall–Kier alpha value is -0.900. The zero-order valence-electron chi connectivity index (χ0n) is 10.3. The van der Waals surface area contributed by atoms with Crippen molar-refractivity contribution in [2.75, 3.05) is 6.26 Å². The average molecular weight is 241 g/mol. The number of hydrogen-bond donors (Lipinski definition) is 0. The molecule has 1 heterocycles. The van der Waals surface area contributed by atoms with Crippen LogP contribution in [-0.2, 0) is 17.3 Å². The zero-order chi connectivity index (χ0) is 12.3. The second kappa shape index (κ2) is 5.43. The minimum atomic E-state index is -0.775. The van der Waals surface area contributed by atoms with Crippen molar-refractivity contribution >= 4 is 17.1 Å². The third-order valence-corrected chi connectivity index (χ3v) is 4.43. The Morgan fingerprint density at radius 1 is 1.50 bits per heavy atom. The first kappa shape index (κ1) is 13.2. The minimum Gasteiger partial charge on any atom is -0.348 e. The predicted octanol–water partition coefficient (Wildman–Crippen LogP) is 2.07. The van der Waals surface area contributed by atoms with Gasteiger partial charge in [-0.2, -0.15) is 0 Å². The number of aryl methyl sites for hydroxylation is 1. The van der Waals surface area contributed by atoms with E-state index in [2.05, 4.69) is 4.57 Å². The number of carbonyl (C=O) groups is 1. The summed E-state index contributed by atoms with van der Waals surface area (Å²) in [5, 5.41) is 0.195. The molecule has 0 bridgehead atoms. The van der Waals surface area contributed by atoms with Crippen LogP contribution in [0.4, 0.5) is 0 Å². The first-order valence-corrected chi connectivity index (χ1v) is 7.03. The van der Waals surface area contributed by atoms with Crippen LogP contribution in [0.25, 0.3) is 0 Å². The molecular formula is C12H19NO2S. The second-order valence-electron chi connectivity index (χ2n) is 4.19. The van der Waals surface area contributed by atoms with E-state index in [9.17, 15) is 9.00 Å². The second-order valence-corrected chi connectivity index (χ2v) is 6.00. The summed E-state index contributed by atoms with van der Waals surface area (Å²) in [5.41, 5.74) is 2.85. The summed E-state index contributed by atoms with van der Waals surface area (Å²) >= 11 is 0. The third kappa shape index (κ3) is 2.82. The van der Waals surface area contributed by atoms with Crippen molar-refractivity contribution in [2.45, 2.75) is 39.0 Å². The van der Waals surface area contributed by atoms with Gasteiger partial charge in [0.05, 0.1) is 0 Å². The Labute approximate surface area is 99.3 Å². The van der Waals surface area contributed by atoms with Gasteiger partial charge in [-0.15, -0.1) is 0 Å². The maximum absolute atomic E-state index is 11.2. The molecule has 0 saturated carbocycles. The Morgan fingerprint density at radius 3 is 2.56 bits per heavy atom. The highest BCUT2D eigenvalue weighted by Crippen LogP contribution is 2.14. The van der Waals surface area contributed by atoms with Crippen molar-refractivity contribution in [1.29, 1.82) is 0 Å². The van der Waals surface area contributed by atoms with Crippen LogP contribution >= 0.6 is 0 Å². The minimum absolute atomic E-state index is 0.195. The molecule has 16 heavy (non-hydrogen) atoms. The lowest BCUT2D eigenvalue weighted by Gasteiger charge is -2.12. The van der Waals surface area contributed by atoms with E-state index < -0.39 is 10.8 Å². The number of carbonyl (C=O) groups excluding carboxylic acids is 1. The molecule has 0 amide bonds. The van der Waals surface area contributed by atoms with Crippen LogP contribution in [0.2, 0.25) is 0 Å². The fourth-order valence-corrected chi connectivity index (χ4v) is 2.21. The lowest BCUT2D eigenvalue weighted by atomic mass is 10.3. The Morgan fingerprint density at radius 2 is 2.12 bits per heavy atom. The van der Waals surface area contributed by atoms with Crippen LogP contribution in [0.15, 0.2) is 6.07 Å². The number of aldehydes is 1. The molecule has 0 aliphatic carbocycles. The van der Waals surface area contributed by atoms with E-state index in [0.717, 1.165) is 36.2 Å². The fraction of sp³-hybridized carbons (Fsp3) is 0.583. The van der Waals surface area contributed by atoms with Gasteiger partial charge >= 0.3 is 0 Å². The van der Waals surface area contributed by atoms with Crippen molar-refractivity contribution in [3.05, 3.63) is 23.0 Å². The van der Waals surface area contributed by atoms with Gasteiger partial charge in [-0.25, -0.2) is 0 Å². The maximum atomic E-state index is 11.2. The van der Waals surface area contributed by atoms with Crippen LogP contribution in [0.3, 0.4) is 0 Å². The maximum Gasteiger partial charge on any atom is 0.151 e. The van der Waals surface area contributed by atoms with E-state index in [1.807, 2.05) is 26.8 Å². The summed E-state index contributed by atoms with van der Waals surface area (Å²) in [6.07, 6.45) is 3.49. The molecule has 2 unspecified atom stereocenters. The van der Waals surface area contributed by atoms with Crippen molar-refractivity contribution < 1.29 is 9.00 Å². The smallest absolute Gasteiger partial charge is 0.151 e. The van der Waals surface area contributed by atoms with Crippen LogP contribution in [-0.4, -0.2) is 26.6 Å². The molecular weight excluding hydrogens is 222 g/mol. The van der Waals surface area contributed by atoms with Gasteiger partial charge in [0.2, 0.25) is 0 Å². The van der Waals surface area contributed by atoms with Crippen molar-refractivity contribution in [1.82, 2.24) is 4.57 Å². The summed E-state index contributed by atoms with van der Waals surface area (Å²) < 4.78 is 13.4. The van der Waals surface area contributed by atoms with Crippen molar-refractivity contribution in [2.24, 2.45) is 0 Å². The highest BCUT2D eigenvalue weighted by atomic mass is 32.2.